The summed E-state index contributed by atoms with van der Waals surface area (Å²) in [4.78, 5) is 25.0. The van der Waals surface area contributed by atoms with Crippen molar-refractivity contribution in [2.45, 2.75) is 29.8 Å². The van der Waals surface area contributed by atoms with Gasteiger partial charge in [0.1, 0.15) is 5.82 Å². The van der Waals surface area contributed by atoms with Crippen LogP contribution in [0.2, 0.25) is 0 Å². The van der Waals surface area contributed by atoms with Crippen LogP contribution in [0, 0.1) is 5.82 Å². The minimum absolute atomic E-state index is 0.0362. The zero-order valence-corrected chi connectivity index (χ0v) is 12.8. The molecule has 2 N–H and O–H groups in total. The predicted molar refractivity (Wildman–Crippen MR) is 80.1 cm³/mol. The lowest BCUT2D eigenvalue weighted by Gasteiger charge is -2.35. The SMILES string of the molecule is O=C(CCSc1ccccc1F)N1CCC(O)(C(=O)O)CC1. The molecule has 0 saturated carbocycles. The number of carbonyl (C=O) groups excluding carboxylic acids is 1. The number of aliphatic hydroxyl groups is 1. The number of amides is 1. The van der Waals surface area contributed by atoms with E-state index >= 15 is 0 Å². The van der Waals surface area contributed by atoms with E-state index in [4.69, 9.17) is 5.11 Å². The normalized spacial score (nSPS) is 17.3. The van der Waals surface area contributed by atoms with Gasteiger partial charge in [-0.15, -0.1) is 11.8 Å². The van der Waals surface area contributed by atoms with Crippen molar-refractivity contribution in [1.29, 1.82) is 0 Å². The fourth-order valence-corrected chi connectivity index (χ4v) is 3.19. The van der Waals surface area contributed by atoms with Crippen molar-refractivity contribution in [2.24, 2.45) is 0 Å². The molecule has 1 amide bonds. The lowest BCUT2D eigenvalue weighted by Crippen LogP contribution is -2.50. The fourth-order valence-electron chi connectivity index (χ4n) is 2.31. The average molecular weight is 327 g/mol. The number of likely N-dealkylation sites (tertiary alicyclic amines) is 1. The molecular weight excluding hydrogens is 309 g/mol. The van der Waals surface area contributed by atoms with Gasteiger partial charge in [-0.2, -0.15) is 0 Å². The highest BCUT2D eigenvalue weighted by atomic mass is 32.2. The first kappa shape index (κ1) is 16.8. The summed E-state index contributed by atoms with van der Waals surface area (Å²) in [6.45, 7) is 0.456. The summed E-state index contributed by atoms with van der Waals surface area (Å²) in [6, 6.07) is 6.40. The molecule has 0 aromatic heterocycles. The quantitative estimate of drug-likeness (QED) is 0.806. The fraction of sp³-hybridized carbons (Fsp3) is 0.467. The van der Waals surface area contributed by atoms with Gasteiger partial charge >= 0.3 is 5.97 Å². The van der Waals surface area contributed by atoms with Crippen LogP contribution < -0.4 is 0 Å². The Bertz CT molecular complexity index is 558. The Kier molecular flexibility index (Phi) is 5.42. The Morgan fingerprint density at radius 3 is 2.50 bits per heavy atom. The first-order valence-corrected chi connectivity index (χ1v) is 8.02. The van der Waals surface area contributed by atoms with Crippen LogP contribution >= 0.6 is 11.8 Å². The third-order valence-corrected chi connectivity index (χ3v) is 4.80. The molecule has 1 saturated heterocycles. The van der Waals surface area contributed by atoms with Crippen molar-refractivity contribution in [3.05, 3.63) is 30.1 Å². The topological polar surface area (TPSA) is 77.8 Å². The van der Waals surface area contributed by atoms with E-state index in [0.29, 0.717) is 10.6 Å². The van der Waals surface area contributed by atoms with Crippen LogP contribution in [0.3, 0.4) is 0 Å². The Morgan fingerprint density at radius 1 is 1.27 bits per heavy atom. The average Bonchev–Trinajstić information content (AvgIpc) is 2.49. The van der Waals surface area contributed by atoms with E-state index in [1.807, 2.05) is 0 Å². The van der Waals surface area contributed by atoms with Crippen molar-refractivity contribution in [3.63, 3.8) is 0 Å². The number of aliphatic carboxylic acids is 1. The Hall–Kier alpha value is -1.60. The van der Waals surface area contributed by atoms with Crippen molar-refractivity contribution in [3.8, 4) is 0 Å². The van der Waals surface area contributed by atoms with Gasteiger partial charge in [0.15, 0.2) is 5.60 Å². The number of nitrogens with zero attached hydrogens (tertiary/aromatic N) is 1. The first-order chi connectivity index (χ1) is 10.4. The van der Waals surface area contributed by atoms with E-state index in [2.05, 4.69) is 0 Å². The lowest BCUT2D eigenvalue weighted by atomic mass is 9.91. The number of halogens is 1. The molecular formula is C15H18FNO4S. The van der Waals surface area contributed by atoms with E-state index in [1.165, 1.54) is 17.8 Å². The van der Waals surface area contributed by atoms with Crippen molar-refractivity contribution >= 4 is 23.6 Å². The van der Waals surface area contributed by atoms with Gasteiger partial charge in [0.2, 0.25) is 5.91 Å². The van der Waals surface area contributed by atoms with E-state index < -0.39 is 11.6 Å². The van der Waals surface area contributed by atoms with E-state index in [9.17, 15) is 19.1 Å². The predicted octanol–water partition coefficient (Wildman–Crippen LogP) is 1.75. The van der Waals surface area contributed by atoms with Crippen LogP contribution in [0.5, 0.6) is 0 Å². The van der Waals surface area contributed by atoms with Gasteiger partial charge in [0.25, 0.3) is 0 Å². The van der Waals surface area contributed by atoms with Gasteiger partial charge in [-0.3, -0.25) is 4.79 Å². The van der Waals surface area contributed by atoms with Crippen LogP contribution in [0.4, 0.5) is 4.39 Å². The zero-order valence-electron chi connectivity index (χ0n) is 12.0. The third-order valence-electron chi connectivity index (χ3n) is 3.75. The van der Waals surface area contributed by atoms with Gasteiger partial charge in [0.05, 0.1) is 0 Å². The first-order valence-electron chi connectivity index (χ1n) is 7.03. The number of thioether (sulfide) groups is 1. The molecule has 1 aliphatic heterocycles. The monoisotopic (exact) mass is 327 g/mol. The van der Waals surface area contributed by atoms with E-state index in [1.54, 1.807) is 23.1 Å². The van der Waals surface area contributed by atoms with Crippen molar-refractivity contribution in [2.75, 3.05) is 18.8 Å². The molecule has 0 bridgehead atoms. The maximum atomic E-state index is 13.4. The largest absolute Gasteiger partial charge is 0.479 e. The highest BCUT2D eigenvalue weighted by Crippen LogP contribution is 2.25. The molecule has 1 aromatic rings. The number of carboxylic acid groups (broad SMARTS) is 1. The van der Waals surface area contributed by atoms with Gasteiger partial charge in [-0.05, 0) is 12.1 Å². The molecule has 1 aliphatic rings. The van der Waals surface area contributed by atoms with E-state index in [0.717, 1.165) is 0 Å². The highest BCUT2D eigenvalue weighted by Gasteiger charge is 2.40. The van der Waals surface area contributed by atoms with Crippen LogP contribution in [-0.4, -0.2) is 51.4 Å². The summed E-state index contributed by atoms with van der Waals surface area (Å²) in [5, 5.41) is 18.7. The second kappa shape index (κ2) is 7.11. The maximum Gasteiger partial charge on any atom is 0.335 e. The van der Waals surface area contributed by atoms with Crippen molar-refractivity contribution < 1.29 is 24.2 Å². The smallest absolute Gasteiger partial charge is 0.335 e. The summed E-state index contributed by atoms with van der Waals surface area (Å²) in [6.07, 6.45) is 0.327. The molecule has 1 fully saturated rings. The minimum Gasteiger partial charge on any atom is -0.479 e. The summed E-state index contributed by atoms with van der Waals surface area (Å²) >= 11 is 1.28. The van der Waals surface area contributed by atoms with Gasteiger partial charge in [-0.1, -0.05) is 12.1 Å². The van der Waals surface area contributed by atoms with Crippen LogP contribution in [0.1, 0.15) is 19.3 Å². The number of hydrogen-bond acceptors (Lipinski definition) is 4. The van der Waals surface area contributed by atoms with Crippen LogP contribution in [0.15, 0.2) is 29.2 Å². The van der Waals surface area contributed by atoms with Gasteiger partial charge in [0, 0.05) is 43.0 Å². The maximum absolute atomic E-state index is 13.4. The van der Waals surface area contributed by atoms with E-state index in [-0.39, 0.29) is 44.1 Å². The molecule has 120 valence electrons. The highest BCUT2D eigenvalue weighted by molar-refractivity contribution is 7.99. The van der Waals surface area contributed by atoms with Crippen molar-refractivity contribution in [1.82, 2.24) is 4.90 Å². The standard InChI is InChI=1S/C15H18FNO4S/c16-11-3-1-2-4-12(11)22-10-5-13(18)17-8-6-15(21,7-9-17)14(19)20/h1-4,21H,5-10H2,(H,19,20). The molecule has 7 heteroatoms. The minimum atomic E-state index is -1.72. The molecule has 2 rings (SSSR count). The van der Waals surface area contributed by atoms with Gasteiger partial charge in [-0.25, -0.2) is 9.18 Å². The molecule has 0 atom stereocenters. The molecule has 1 aromatic carbocycles. The molecule has 1 heterocycles. The summed E-state index contributed by atoms with van der Waals surface area (Å²) < 4.78 is 13.4. The lowest BCUT2D eigenvalue weighted by molar-refractivity contribution is -0.165. The molecule has 22 heavy (non-hydrogen) atoms. The second-order valence-electron chi connectivity index (χ2n) is 5.25. The molecule has 0 aliphatic carbocycles. The van der Waals surface area contributed by atoms with Crippen LogP contribution in [0.25, 0.3) is 0 Å². The number of carbonyl (C=O) groups is 2. The summed E-state index contributed by atoms with van der Waals surface area (Å²) in [7, 11) is 0. The summed E-state index contributed by atoms with van der Waals surface area (Å²) in [5.74, 6) is -1.19. The number of carboxylic acids is 1. The zero-order chi connectivity index (χ0) is 16.2. The molecule has 0 spiro atoms. The summed E-state index contributed by atoms with van der Waals surface area (Å²) in [5.41, 5.74) is -1.72. The third kappa shape index (κ3) is 3.98. The Labute approximate surface area is 132 Å². The molecule has 5 nitrogen and oxygen atoms in total. The number of hydrogen-bond donors (Lipinski definition) is 2. The second-order valence-corrected chi connectivity index (χ2v) is 6.38. The van der Waals surface area contributed by atoms with Gasteiger partial charge < -0.3 is 15.1 Å². The Morgan fingerprint density at radius 2 is 1.91 bits per heavy atom. The molecule has 0 radical (unpaired) electrons. The number of benzene rings is 1. The number of rotatable bonds is 5. The Balaban J connectivity index is 1.77. The molecule has 0 unspecified atom stereocenters. The number of piperidine rings is 1. The van der Waals surface area contributed by atoms with Crippen LogP contribution in [-0.2, 0) is 9.59 Å².